The summed E-state index contributed by atoms with van der Waals surface area (Å²) in [5.41, 5.74) is -1.94. The van der Waals surface area contributed by atoms with E-state index >= 15 is 0 Å². The van der Waals surface area contributed by atoms with Crippen molar-refractivity contribution in [2.45, 2.75) is 33.2 Å². The van der Waals surface area contributed by atoms with Gasteiger partial charge in [0.1, 0.15) is 0 Å². The molecule has 1 aromatic carbocycles. The zero-order valence-corrected chi connectivity index (χ0v) is 13.4. The molecular formula is C16H19NO3S. The van der Waals surface area contributed by atoms with E-state index in [1.807, 2.05) is 30.3 Å². The molecule has 1 heterocycles. The molecule has 21 heavy (non-hydrogen) atoms. The Morgan fingerprint density at radius 3 is 2.33 bits per heavy atom. The fraction of sp³-hybridized carbons (Fsp3) is 0.375. The summed E-state index contributed by atoms with van der Waals surface area (Å²) in [6.07, 6.45) is 0. The van der Waals surface area contributed by atoms with Gasteiger partial charge in [0.25, 0.3) is 5.91 Å². The van der Waals surface area contributed by atoms with E-state index in [4.69, 9.17) is 0 Å². The molecule has 2 N–H and O–H groups in total. The Morgan fingerprint density at radius 1 is 1.14 bits per heavy atom. The van der Waals surface area contributed by atoms with E-state index in [0.29, 0.717) is 4.88 Å². The molecule has 4 nitrogen and oxygen atoms in total. The maximum Gasteiger partial charge on any atom is 0.311 e. The lowest BCUT2D eigenvalue weighted by molar-refractivity contribution is -0.150. The average molecular weight is 305 g/mol. The van der Waals surface area contributed by atoms with E-state index in [0.717, 1.165) is 10.1 Å². The quantitative estimate of drug-likeness (QED) is 0.908. The number of amides is 1. The van der Waals surface area contributed by atoms with Crippen LogP contribution in [0.25, 0.3) is 10.1 Å². The third-order valence-corrected chi connectivity index (χ3v) is 5.29. The van der Waals surface area contributed by atoms with Gasteiger partial charge in [-0.05, 0) is 45.2 Å². The molecule has 0 aliphatic rings. The van der Waals surface area contributed by atoms with Crippen LogP contribution in [0.5, 0.6) is 0 Å². The summed E-state index contributed by atoms with van der Waals surface area (Å²) in [7, 11) is 0. The molecule has 2 rings (SSSR count). The number of carbonyl (C=O) groups is 2. The Balaban J connectivity index is 2.26. The highest BCUT2D eigenvalue weighted by atomic mass is 32.1. The molecule has 0 spiro atoms. The lowest BCUT2D eigenvalue weighted by Crippen LogP contribution is -2.56. The van der Waals surface area contributed by atoms with E-state index < -0.39 is 16.9 Å². The van der Waals surface area contributed by atoms with Gasteiger partial charge in [-0.1, -0.05) is 18.2 Å². The number of hydrogen-bond acceptors (Lipinski definition) is 3. The zero-order valence-electron chi connectivity index (χ0n) is 12.6. The van der Waals surface area contributed by atoms with Gasteiger partial charge in [-0.25, -0.2) is 0 Å². The van der Waals surface area contributed by atoms with Gasteiger partial charge in [-0.15, -0.1) is 11.3 Å². The lowest BCUT2D eigenvalue weighted by Gasteiger charge is -2.38. The van der Waals surface area contributed by atoms with E-state index in [-0.39, 0.29) is 5.91 Å². The fourth-order valence-corrected chi connectivity index (χ4v) is 2.82. The van der Waals surface area contributed by atoms with Gasteiger partial charge in [-0.3, -0.25) is 9.59 Å². The molecule has 0 unspecified atom stereocenters. The normalized spacial score (nSPS) is 12.4. The van der Waals surface area contributed by atoms with Crippen LogP contribution in [0.3, 0.4) is 0 Å². The minimum Gasteiger partial charge on any atom is -0.481 e. The highest BCUT2D eigenvalue weighted by molar-refractivity contribution is 7.20. The van der Waals surface area contributed by atoms with Crippen LogP contribution in [-0.4, -0.2) is 22.5 Å². The van der Waals surface area contributed by atoms with Crippen molar-refractivity contribution in [3.05, 3.63) is 35.2 Å². The van der Waals surface area contributed by atoms with Crippen LogP contribution < -0.4 is 5.32 Å². The molecule has 0 saturated carbocycles. The standard InChI is InChI=1S/C16H19NO3S/c1-15(2,14(19)20)16(3,4)17-13(18)12-9-10-7-5-6-8-11(10)21-12/h5-9H,1-4H3,(H,17,18)(H,19,20). The molecule has 112 valence electrons. The number of nitrogens with one attached hydrogen (secondary N) is 1. The summed E-state index contributed by atoms with van der Waals surface area (Å²) in [4.78, 5) is 24.4. The highest BCUT2D eigenvalue weighted by Crippen LogP contribution is 2.32. The van der Waals surface area contributed by atoms with Gasteiger partial charge in [0.2, 0.25) is 0 Å². The topological polar surface area (TPSA) is 66.4 Å². The second-order valence-corrected chi connectivity index (χ2v) is 7.24. The lowest BCUT2D eigenvalue weighted by atomic mass is 9.74. The van der Waals surface area contributed by atoms with Crippen LogP contribution >= 0.6 is 11.3 Å². The predicted molar refractivity (Wildman–Crippen MR) is 84.8 cm³/mol. The number of thiophene rings is 1. The van der Waals surface area contributed by atoms with Crippen LogP contribution in [-0.2, 0) is 4.79 Å². The molecular weight excluding hydrogens is 286 g/mol. The Hall–Kier alpha value is -1.88. The maximum absolute atomic E-state index is 12.4. The van der Waals surface area contributed by atoms with Crippen molar-refractivity contribution in [2.75, 3.05) is 0 Å². The van der Waals surface area contributed by atoms with Crippen molar-refractivity contribution < 1.29 is 14.7 Å². The summed E-state index contributed by atoms with van der Waals surface area (Å²) in [5, 5.41) is 13.2. The van der Waals surface area contributed by atoms with Crippen LogP contribution in [0.15, 0.2) is 30.3 Å². The van der Waals surface area contributed by atoms with Crippen molar-refractivity contribution >= 4 is 33.3 Å². The fourth-order valence-electron chi connectivity index (χ4n) is 1.86. The minimum absolute atomic E-state index is 0.240. The zero-order chi connectivity index (χ0) is 15.8. The molecule has 0 radical (unpaired) electrons. The van der Waals surface area contributed by atoms with Crippen LogP contribution in [0.4, 0.5) is 0 Å². The van der Waals surface area contributed by atoms with Gasteiger partial charge in [-0.2, -0.15) is 0 Å². The van der Waals surface area contributed by atoms with Crippen LogP contribution in [0, 0.1) is 5.41 Å². The number of hydrogen-bond donors (Lipinski definition) is 2. The first-order valence-electron chi connectivity index (χ1n) is 6.69. The molecule has 5 heteroatoms. The van der Waals surface area contributed by atoms with Crippen molar-refractivity contribution in [1.82, 2.24) is 5.32 Å². The van der Waals surface area contributed by atoms with Crippen molar-refractivity contribution in [3.8, 4) is 0 Å². The van der Waals surface area contributed by atoms with Gasteiger partial charge in [0, 0.05) is 4.70 Å². The van der Waals surface area contributed by atoms with Crippen molar-refractivity contribution in [3.63, 3.8) is 0 Å². The first-order valence-corrected chi connectivity index (χ1v) is 7.51. The molecule has 0 fully saturated rings. The molecule has 0 aliphatic heterocycles. The predicted octanol–water partition coefficient (Wildman–Crippen LogP) is 3.52. The Labute approximate surface area is 127 Å². The average Bonchev–Trinajstić information content (AvgIpc) is 2.81. The summed E-state index contributed by atoms with van der Waals surface area (Å²) in [6, 6.07) is 9.60. The van der Waals surface area contributed by atoms with E-state index in [2.05, 4.69) is 5.32 Å². The van der Waals surface area contributed by atoms with Crippen molar-refractivity contribution in [2.24, 2.45) is 5.41 Å². The summed E-state index contributed by atoms with van der Waals surface area (Å²) in [5.74, 6) is -1.18. The van der Waals surface area contributed by atoms with Gasteiger partial charge in [0.05, 0.1) is 15.8 Å². The van der Waals surface area contributed by atoms with Gasteiger partial charge in [0.15, 0.2) is 0 Å². The van der Waals surface area contributed by atoms with Crippen LogP contribution in [0.2, 0.25) is 0 Å². The van der Waals surface area contributed by atoms with Gasteiger partial charge < -0.3 is 10.4 Å². The molecule has 0 saturated heterocycles. The summed E-state index contributed by atoms with van der Waals surface area (Å²) >= 11 is 1.41. The number of carboxylic acids is 1. The van der Waals surface area contributed by atoms with E-state index in [1.54, 1.807) is 27.7 Å². The van der Waals surface area contributed by atoms with E-state index in [9.17, 15) is 14.7 Å². The Bertz CT molecular complexity index is 667. The molecule has 2 aromatic rings. The molecule has 0 bridgehead atoms. The number of aliphatic carboxylic acids is 1. The first kappa shape index (κ1) is 15.5. The summed E-state index contributed by atoms with van der Waals surface area (Å²) < 4.78 is 1.04. The summed E-state index contributed by atoms with van der Waals surface area (Å²) in [6.45, 7) is 6.68. The van der Waals surface area contributed by atoms with Gasteiger partial charge >= 0.3 is 5.97 Å². The SMILES string of the molecule is CC(C)(NC(=O)c1cc2ccccc2s1)C(C)(C)C(=O)O. The minimum atomic E-state index is -1.07. The Morgan fingerprint density at radius 2 is 1.76 bits per heavy atom. The Kier molecular flexibility index (Phi) is 3.80. The third kappa shape index (κ3) is 2.78. The monoisotopic (exact) mass is 305 g/mol. The van der Waals surface area contributed by atoms with Crippen molar-refractivity contribution in [1.29, 1.82) is 0 Å². The number of benzene rings is 1. The number of rotatable bonds is 4. The molecule has 1 aromatic heterocycles. The number of carbonyl (C=O) groups excluding carboxylic acids is 1. The first-order chi connectivity index (χ1) is 9.65. The maximum atomic E-state index is 12.4. The second-order valence-electron chi connectivity index (χ2n) is 6.16. The largest absolute Gasteiger partial charge is 0.481 e. The number of fused-ring (bicyclic) bond motifs is 1. The molecule has 0 aliphatic carbocycles. The molecule has 0 atom stereocenters. The molecule has 1 amide bonds. The van der Waals surface area contributed by atoms with E-state index in [1.165, 1.54) is 11.3 Å². The van der Waals surface area contributed by atoms with Crippen LogP contribution in [0.1, 0.15) is 37.4 Å². The smallest absolute Gasteiger partial charge is 0.311 e. The second kappa shape index (κ2) is 5.15. The highest BCUT2D eigenvalue weighted by Gasteiger charge is 2.44. The number of carboxylic acid groups (broad SMARTS) is 1. The third-order valence-electron chi connectivity index (χ3n) is 4.17.